The van der Waals surface area contributed by atoms with Crippen molar-refractivity contribution >= 4 is 10.9 Å². The van der Waals surface area contributed by atoms with Gasteiger partial charge in [-0.1, -0.05) is 29.9 Å². The van der Waals surface area contributed by atoms with Gasteiger partial charge >= 0.3 is 0 Å². The van der Waals surface area contributed by atoms with E-state index in [9.17, 15) is 0 Å². The van der Waals surface area contributed by atoms with Gasteiger partial charge in [0.25, 0.3) is 0 Å². The Morgan fingerprint density at radius 3 is 2.83 bits per heavy atom. The molecule has 1 aromatic carbocycles. The number of hydrogen-bond acceptors (Lipinski definition) is 1. The van der Waals surface area contributed by atoms with Crippen molar-refractivity contribution in [3.8, 4) is 0 Å². The van der Waals surface area contributed by atoms with Crippen molar-refractivity contribution in [2.75, 3.05) is 13.6 Å². The molecule has 1 fully saturated rings. The summed E-state index contributed by atoms with van der Waals surface area (Å²) < 4.78 is 2.52. The maximum absolute atomic E-state index is 4.33. The van der Waals surface area contributed by atoms with Crippen molar-refractivity contribution in [2.45, 2.75) is 45.7 Å². The van der Waals surface area contributed by atoms with Crippen LogP contribution in [0.3, 0.4) is 0 Å². The first-order valence-electron chi connectivity index (χ1n) is 8.78. The largest absolute Gasteiger partial charge is 0.340 e. The minimum atomic E-state index is 0.933. The Labute approximate surface area is 139 Å². The summed E-state index contributed by atoms with van der Waals surface area (Å²) in [4.78, 5) is 2.43. The average Bonchev–Trinajstić information content (AvgIpc) is 2.76. The zero-order valence-corrected chi connectivity index (χ0v) is 14.4. The van der Waals surface area contributed by atoms with Crippen LogP contribution in [0.5, 0.6) is 0 Å². The molecule has 1 aliphatic carbocycles. The Morgan fingerprint density at radius 2 is 2.09 bits per heavy atom. The van der Waals surface area contributed by atoms with Crippen LogP contribution in [0.4, 0.5) is 0 Å². The Balaban J connectivity index is 1.77. The Hall–Kier alpha value is -1.80. The molecule has 0 bridgehead atoms. The second kappa shape index (κ2) is 5.68. The normalized spacial score (nSPS) is 17.9. The van der Waals surface area contributed by atoms with Crippen LogP contribution in [0, 0.1) is 6.92 Å². The predicted octanol–water partition coefficient (Wildman–Crippen LogP) is 4.60. The van der Waals surface area contributed by atoms with Crippen LogP contribution in [0.15, 0.2) is 42.0 Å². The van der Waals surface area contributed by atoms with Gasteiger partial charge in [0.2, 0.25) is 0 Å². The van der Waals surface area contributed by atoms with E-state index in [-0.39, 0.29) is 0 Å². The van der Waals surface area contributed by atoms with E-state index >= 15 is 0 Å². The van der Waals surface area contributed by atoms with Crippen molar-refractivity contribution in [1.82, 2.24) is 9.47 Å². The summed E-state index contributed by atoms with van der Waals surface area (Å²) in [7, 11) is 2.22. The van der Waals surface area contributed by atoms with Gasteiger partial charge in [-0.2, -0.15) is 0 Å². The molecule has 0 saturated heterocycles. The highest BCUT2D eigenvalue weighted by Gasteiger charge is 2.22. The minimum Gasteiger partial charge on any atom is -0.340 e. The maximum atomic E-state index is 4.33. The number of fused-ring (bicyclic) bond motifs is 3. The van der Waals surface area contributed by atoms with Gasteiger partial charge in [-0.05, 0) is 56.5 Å². The first-order chi connectivity index (χ1) is 11.1. The monoisotopic (exact) mass is 306 g/mol. The molecule has 0 N–H and O–H groups in total. The number of aromatic nitrogens is 1. The second-order valence-electron chi connectivity index (χ2n) is 7.33. The summed E-state index contributed by atoms with van der Waals surface area (Å²) in [5.74, 6) is 0. The molecule has 2 heteroatoms. The van der Waals surface area contributed by atoms with Crippen LogP contribution in [0.2, 0.25) is 0 Å². The van der Waals surface area contributed by atoms with E-state index in [0.717, 1.165) is 26.1 Å². The van der Waals surface area contributed by atoms with Gasteiger partial charge in [-0.3, -0.25) is 0 Å². The number of benzene rings is 1. The number of allylic oxidation sites excluding steroid dienone is 3. The summed E-state index contributed by atoms with van der Waals surface area (Å²) in [6.45, 7) is 9.67. The Kier molecular flexibility index (Phi) is 3.65. The Morgan fingerprint density at radius 1 is 1.26 bits per heavy atom. The van der Waals surface area contributed by atoms with Crippen molar-refractivity contribution in [3.05, 3.63) is 58.8 Å². The highest BCUT2D eigenvalue weighted by Crippen LogP contribution is 2.32. The highest BCUT2D eigenvalue weighted by molar-refractivity contribution is 5.86. The molecule has 0 unspecified atom stereocenters. The van der Waals surface area contributed by atoms with E-state index in [1.54, 1.807) is 5.57 Å². The van der Waals surface area contributed by atoms with Crippen LogP contribution in [-0.2, 0) is 19.5 Å². The third-order valence-electron chi connectivity index (χ3n) is 5.37. The molecule has 2 aliphatic rings. The highest BCUT2D eigenvalue weighted by atomic mass is 15.1. The van der Waals surface area contributed by atoms with Gasteiger partial charge in [0.05, 0.1) is 0 Å². The number of nitrogens with zero attached hydrogens (tertiary/aromatic N) is 2. The molecule has 120 valence electrons. The fraction of sp³-hybridized carbons (Fsp3) is 0.429. The molecule has 2 nitrogen and oxygen atoms in total. The summed E-state index contributed by atoms with van der Waals surface area (Å²) in [6, 6.07) is 6.89. The van der Waals surface area contributed by atoms with Crippen molar-refractivity contribution in [3.63, 3.8) is 0 Å². The number of aryl methyl sites for hydroxylation is 1. The molecule has 1 aromatic heterocycles. The fourth-order valence-corrected chi connectivity index (χ4v) is 3.94. The topological polar surface area (TPSA) is 8.17 Å². The zero-order valence-electron chi connectivity index (χ0n) is 14.4. The molecule has 0 spiro atoms. The van der Waals surface area contributed by atoms with Crippen molar-refractivity contribution in [2.24, 2.45) is 0 Å². The first kappa shape index (κ1) is 14.8. The number of hydrogen-bond donors (Lipinski definition) is 0. The average molecular weight is 306 g/mol. The molecule has 1 aliphatic heterocycles. The molecule has 2 heterocycles. The van der Waals surface area contributed by atoms with E-state index < -0.39 is 0 Å². The zero-order chi connectivity index (χ0) is 16.0. The van der Waals surface area contributed by atoms with Crippen LogP contribution in [0.1, 0.15) is 36.1 Å². The van der Waals surface area contributed by atoms with Gasteiger partial charge in [-0.15, -0.1) is 0 Å². The quantitative estimate of drug-likeness (QED) is 0.804. The number of rotatable bonds is 3. The maximum Gasteiger partial charge on any atom is 0.0489 e. The fourth-order valence-electron chi connectivity index (χ4n) is 3.94. The summed E-state index contributed by atoms with van der Waals surface area (Å²) in [5, 5.41) is 1.44. The first-order valence-corrected chi connectivity index (χ1v) is 8.78. The molecule has 1 saturated carbocycles. The lowest BCUT2D eigenvalue weighted by atomic mass is 9.91. The molecular formula is C21H26N2. The molecular weight excluding hydrogens is 280 g/mol. The minimum absolute atomic E-state index is 0.933. The lowest BCUT2D eigenvalue weighted by Gasteiger charge is -2.24. The van der Waals surface area contributed by atoms with Crippen LogP contribution in [0.25, 0.3) is 10.9 Å². The molecule has 23 heavy (non-hydrogen) atoms. The predicted molar refractivity (Wildman–Crippen MR) is 97.8 cm³/mol. The summed E-state index contributed by atoms with van der Waals surface area (Å²) >= 11 is 0. The Bertz CT molecular complexity index is 801. The van der Waals surface area contributed by atoms with E-state index in [0.29, 0.717) is 0 Å². The SMILES string of the molecule is C=C(C=C1CCC1)Cn1c2c(c3cc(C)ccc31)CN(C)CC2. The molecule has 2 aromatic rings. The van der Waals surface area contributed by atoms with Gasteiger partial charge in [0, 0.05) is 42.7 Å². The van der Waals surface area contributed by atoms with Crippen LogP contribution < -0.4 is 0 Å². The standard InChI is InChI=1S/C21H26N2/c1-15-7-8-20-18(12-15)19-14-22(3)10-9-21(19)23(20)13-16(2)11-17-5-4-6-17/h7-8,11-12H,2,4-6,9-10,13-14H2,1,3H3. The van der Waals surface area contributed by atoms with E-state index in [2.05, 4.69) is 54.3 Å². The molecule has 0 atom stereocenters. The van der Waals surface area contributed by atoms with E-state index in [1.807, 2.05) is 0 Å². The second-order valence-corrected chi connectivity index (χ2v) is 7.33. The van der Waals surface area contributed by atoms with Gasteiger partial charge in [-0.25, -0.2) is 0 Å². The molecule has 0 amide bonds. The third kappa shape index (κ3) is 2.66. The lowest BCUT2D eigenvalue weighted by molar-refractivity contribution is 0.310. The smallest absolute Gasteiger partial charge is 0.0489 e. The number of likely N-dealkylation sites (N-methyl/N-ethyl adjacent to an activating group) is 1. The van der Waals surface area contributed by atoms with E-state index in [1.165, 1.54) is 52.6 Å². The van der Waals surface area contributed by atoms with Crippen molar-refractivity contribution in [1.29, 1.82) is 0 Å². The summed E-state index contributed by atoms with van der Waals surface area (Å²) in [5.41, 5.74) is 8.61. The van der Waals surface area contributed by atoms with Gasteiger partial charge in [0.1, 0.15) is 0 Å². The van der Waals surface area contributed by atoms with Crippen LogP contribution in [-0.4, -0.2) is 23.1 Å². The van der Waals surface area contributed by atoms with Gasteiger partial charge in [0.15, 0.2) is 0 Å². The molecule has 4 rings (SSSR count). The molecule has 0 radical (unpaired) electrons. The van der Waals surface area contributed by atoms with Gasteiger partial charge < -0.3 is 9.47 Å². The lowest BCUT2D eigenvalue weighted by Crippen LogP contribution is -2.27. The van der Waals surface area contributed by atoms with Crippen LogP contribution >= 0.6 is 0 Å². The third-order valence-corrected chi connectivity index (χ3v) is 5.37. The summed E-state index contributed by atoms with van der Waals surface area (Å²) in [6.07, 6.45) is 7.38. The van der Waals surface area contributed by atoms with E-state index in [4.69, 9.17) is 0 Å². The van der Waals surface area contributed by atoms with Crippen molar-refractivity contribution < 1.29 is 0 Å².